The molecule has 0 bridgehead atoms. The number of terminal acetylenes is 1. The molecule has 28 heavy (non-hydrogen) atoms. The second-order valence-corrected chi connectivity index (χ2v) is 7.79. The van der Waals surface area contributed by atoms with Crippen LogP contribution in [0.3, 0.4) is 0 Å². The summed E-state index contributed by atoms with van der Waals surface area (Å²) in [6.45, 7) is 1.19. The van der Waals surface area contributed by atoms with E-state index in [1.807, 2.05) is 0 Å². The Morgan fingerprint density at radius 2 is 2.21 bits per heavy atom. The van der Waals surface area contributed by atoms with Gasteiger partial charge in [0.2, 0.25) is 0 Å². The summed E-state index contributed by atoms with van der Waals surface area (Å²) >= 11 is 0.874. The average molecular weight is 402 g/mol. The maximum Gasteiger partial charge on any atom is 0.286 e. The fourth-order valence-corrected chi connectivity index (χ4v) is 3.83. The number of amidine groups is 1. The van der Waals surface area contributed by atoms with Crippen LogP contribution >= 0.6 is 11.8 Å². The number of amides is 2. The first-order valence-corrected chi connectivity index (χ1v) is 9.89. The van der Waals surface area contributed by atoms with Crippen LogP contribution in [-0.2, 0) is 4.79 Å². The van der Waals surface area contributed by atoms with E-state index in [4.69, 9.17) is 11.2 Å². The number of thioether (sulfide) groups is 1. The maximum atomic E-state index is 14.7. The number of carbonyl (C=O) groups is 2. The number of fused-ring (bicyclic) bond motifs is 1. The monoisotopic (exact) mass is 402 g/mol. The zero-order valence-electron chi connectivity index (χ0n) is 15.1. The van der Waals surface area contributed by atoms with E-state index in [1.165, 1.54) is 17.0 Å². The Hall–Kier alpha value is -2.73. The lowest BCUT2D eigenvalue weighted by molar-refractivity contribution is -0.128. The Balaban J connectivity index is 1.65. The smallest absolute Gasteiger partial charge is 0.286 e. The minimum Gasteiger partial charge on any atom is -0.475 e. The number of hydrogen-bond acceptors (Lipinski definition) is 6. The van der Waals surface area contributed by atoms with Gasteiger partial charge < -0.3 is 15.4 Å². The SMILES string of the molecule is C#CCN1C(=O)C2(CC2)Oc2cc(F)c(NC3=NCCCCNC(=O)S3)cc21. The second kappa shape index (κ2) is 7.36. The first kappa shape index (κ1) is 18.6. The van der Waals surface area contributed by atoms with Crippen LogP contribution in [0, 0.1) is 18.2 Å². The summed E-state index contributed by atoms with van der Waals surface area (Å²) in [6.07, 6.45) is 8.26. The fourth-order valence-electron chi connectivity index (χ4n) is 3.16. The van der Waals surface area contributed by atoms with Crippen LogP contribution < -0.4 is 20.3 Å². The molecule has 1 aliphatic carbocycles. The number of nitrogens with zero attached hydrogens (tertiary/aromatic N) is 2. The van der Waals surface area contributed by atoms with Crippen molar-refractivity contribution in [1.29, 1.82) is 0 Å². The molecule has 2 N–H and O–H groups in total. The van der Waals surface area contributed by atoms with Crippen LogP contribution in [0.2, 0.25) is 0 Å². The number of carbonyl (C=O) groups excluding carboxylic acids is 2. The summed E-state index contributed by atoms with van der Waals surface area (Å²) in [4.78, 5) is 30.4. The van der Waals surface area contributed by atoms with Crippen molar-refractivity contribution in [3.05, 3.63) is 17.9 Å². The van der Waals surface area contributed by atoms with Crippen LogP contribution in [0.4, 0.5) is 20.6 Å². The molecule has 0 saturated heterocycles. The summed E-state index contributed by atoms with van der Waals surface area (Å²) in [5.74, 6) is 1.99. The van der Waals surface area contributed by atoms with E-state index in [0.717, 1.165) is 24.6 Å². The van der Waals surface area contributed by atoms with Crippen molar-refractivity contribution in [1.82, 2.24) is 5.32 Å². The van der Waals surface area contributed by atoms with Gasteiger partial charge in [0.1, 0.15) is 5.75 Å². The largest absolute Gasteiger partial charge is 0.475 e. The molecule has 2 heterocycles. The van der Waals surface area contributed by atoms with Crippen LogP contribution in [0.5, 0.6) is 5.75 Å². The molecule has 1 aromatic carbocycles. The molecule has 2 amide bonds. The highest BCUT2D eigenvalue weighted by Gasteiger charge is 2.58. The molecule has 0 atom stereocenters. The third-order valence-corrected chi connectivity index (χ3v) is 5.53. The van der Waals surface area contributed by atoms with Gasteiger partial charge in [-0.05, 0) is 18.9 Å². The number of hydrogen-bond donors (Lipinski definition) is 2. The van der Waals surface area contributed by atoms with Gasteiger partial charge in [-0.15, -0.1) is 6.42 Å². The number of halogens is 1. The molecule has 7 nitrogen and oxygen atoms in total. The van der Waals surface area contributed by atoms with Crippen LogP contribution in [0.15, 0.2) is 17.1 Å². The van der Waals surface area contributed by atoms with Gasteiger partial charge in [0.15, 0.2) is 16.6 Å². The second-order valence-electron chi connectivity index (χ2n) is 6.83. The zero-order valence-corrected chi connectivity index (χ0v) is 15.9. The fraction of sp³-hybridized carbons (Fsp3) is 0.421. The lowest BCUT2D eigenvalue weighted by atomic mass is 10.1. The van der Waals surface area contributed by atoms with Crippen molar-refractivity contribution < 1.29 is 18.7 Å². The number of nitrogens with one attached hydrogen (secondary N) is 2. The Labute approximate surface area is 166 Å². The van der Waals surface area contributed by atoms with Crippen molar-refractivity contribution in [2.45, 2.75) is 31.3 Å². The molecular formula is C19H19FN4O3S. The number of benzene rings is 1. The molecule has 1 aromatic rings. The molecule has 3 aliphatic rings. The molecule has 0 unspecified atom stereocenters. The van der Waals surface area contributed by atoms with Crippen molar-refractivity contribution in [2.24, 2.45) is 4.99 Å². The summed E-state index contributed by atoms with van der Waals surface area (Å²) < 4.78 is 20.5. The summed E-state index contributed by atoms with van der Waals surface area (Å²) in [5.41, 5.74) is -0.397. The topological polar surface area (TPSA) is 83.0 Å². The van der Waals surface area contributed by atoms with E-state index in [0.29, 0.717) is 36.8 Å². The van der Waals surface area contributed by atoms with Gasteiger partial charge >= 0.3 is 0 Å². The first-order chi connectivity index (χ1) is 13.5. The lowest BCUT2D eigenvalue weighted by Crippen LogP contribution is -2.48. The predicted molar refractivity (Wildman–Crippen MR) is 106 cm³/mol. The molecule has 146 valence electrons. The molecule has 0 aromatic heterocycles. The third-order valence-electron chi connectivity index (χ3n) is 4.77. The Kier molecular flexibility index (Phi) is 4.89. The number of anilines is 2. The van der Waals surface area contributed by atoms with E-state index in [1.54, 1.807) is 0 Å². The van der Waals surface area contributed by atoms with E-state index in [2.05, 4.69) is 21.5 Å². The molecule has 1 fully saturated rings. The lowest BCUT2D eigenvalue weighted by Gasteiger charge is -2.34. The van der Waals surface area contributed by atoms with E-state index in [-0.39, 0.29) is 29.1 Å². The van der Waals surface area contributed by atoms with Crippen molar-refractivity contribution in [3.8, 4) is 18.1 Å². The summed E-state index contributed by atoms with van der Waals surface area (Å²) in [5, 5.41) is 5.68. The van der Waals surface area contributed by atoms with Crippen LogP contribution in [0.25, 0.3) is 0 Å². The molecule has 9 heteroatoms. The standard InChI is InChI=1S/C19H19FN4O3S/c1-2-9-24-14-11-13(23-17-21-7-3-4-8-22-18(26)28-17)12(20)10-15(14)27-19(5-6-19)16(24)25/h1,10-11H,3-9H2,(H,21,23)(H,22,26). The van der Waals surface area contributed by atoms with Crippen molar-refractivity contribution in [2.75, 3.05) is 29.9 Å². The minimum absolute atomic E-state index is 0.0696. The van der Waals surface area contributed by atoms with Crippen LogP contribution in [-0.4, -0.2) is 41.5 Å². The van der Waals surface area contributed by atoms with Crippen molar-refractivity contribution in [3.63, 3.8) is 0 Å². The highest BCUT2D eigenvalue weighted by atomic mass is 32.2. The van der Waals surface area contributed by atoms with Gasteiger partial charge in [-0.3, -0.25) is 19.5 Å². The van der Waals surface area contributed by atoms with Gasteiger partial charge in [0, 0.05) is 43.8 Å². The van der Waals surface area contributed by atoms with Crippen LogP contribution in [0.1, 0.15) is 25.7 Å². The quantitative estimate of drug-likeness (QED) is 0.744. The summed E-state index contributed by atoms with van der Waals surface area (Å²) in [7, 11) is 0. The van der Waals surface area contributed by atoms with E-state index < -0.39 is 11.4 Å². The zero-order chi connectivity index (χ0) is 19.7. The predicted octanol–water partition coefficient (Wildman–Crippen LogP) is 2.72. The van der Waals surface area contributed by atoms with E-state index >= 15 is 0 Å². The van der Waals surface area contributed by atoms with Gasteiger partial charge in [0.25, 0.3) is 11.1 Å². The molecule has 2 aliphatic heterocycles. The van der Waals surface area contributed by atoms with Gasteiger partial charge in [-0.2, -0.15) is 0 Å². The number of aliphatic imine (C=N–C) groups is 1. The molecule has 0 radical (unpaired) electrons. The highest BCUT2D eigenvalue weighted by molar-refractivity contribution is 8.26. The van der Waals surface area contributed by atoms with Gasteiger partial charge in [-0.25, -0.2) is 4.39 Å². The Morgan fingerprint density at radius 1 is 1.39 bits per heavy atom. The first-order valence-electron chi connectivity index (χ1n) is 9.07. The number of rotatable bonds is 2. The highest BCUT2D eigenvalue weighted by Crippen LogP contribution is 2.50. The molecule has 1 saturated carbocycles. The Bertz CT molecular complexity index is 907. The molecule has 1 spiro atoms. The summed E-state index contributed by atoms with van der Waals surface area (Å²) in [6, 6.07) is 2.72. The number of ether oxygens (including phenoxy) is 1. The Morgan fingerprint density at radius 3 is 2.96 bits per heavy atom. The maximum absolute atomic E-state index is 14.7. The molecular weight excluding hydrogens is 383 g/mol. The minimum atomic E-state index is -0.902. The van der Waals surface area contributed by atoms with Gasteiger partial charge in [-0.1, -0.05) is 5.92 Å². The van der Waals surface area contributed by atoms with Gasteiger partial charge in [0.05, 0.1) is 17.9 Å². The molecule has 4 rings (SSSR count). The van der Waals surface area contributed by atoms with Crippen molar-refractivity contribution >= 4 is 39.5 Å². The third kappa shape index (κ3) is 3.52. The average Bonchev–Trinajstić information content (AvgIpc) is 3.41. The normalized spacial score (nSPS) is 20.6. The van der Waals surface area contributed by atoms with E-state index in [9.17, 15) is 14.0 Å².